The zero-order valence-electron chi connectivity index (χ0n) is 10.3. The smallest absolute Gasteiger partial charge is 0.226 e. The van der Waals surface area contributed by atoms with Crippen molar-refractivity contribution >= 4 is 33.3 Å². The van der Waals surface area contributed by atoms with E-state index in [1.54, 1.807) is 11.3 Å². The third kappa shape index (κ3) is 2.26. The number of rotatable bonds is 4. The van der Waals surface area contributed by atoms with Crippen LogP contribution >= 0.6 is 11.3 Å². The Morgan fingerprint density at radius 1 is 1.50 bits per heavy atom. The van der Waals surface area contributed by atoms with Crippen molar-refractivity contribution in [2.24, 2.45) is 0 Å². The Kier molecular flexibility index (Phi) is 3.29. The molecule has 0 bridgehead atoms. The summed E-state index contributed by atoms with van der Waals surface area (Å²) in [6.07, 6.45) is 1.03. The van der Waals surface area contributed by atoms with Crippen molar-refractivity contribution in [1.29, 1.82) is 0 Å². The van der Waals surface area contributed by atoms with E-state index >= 15 is 0 Å². The molecule has 0 aromatic carbocycles. The first kappa shape index (κ1) is 11.7. The Hall–Kier alpha value is -1.40. The normalized spacial score (nSPS) is 19.3. The van der Waals surface area contributed by atoms with Crippen LogP contribution in [0.2, 0.25) is 0 Å². The number of hydrogen-bond donors (Lipinski definition) is 2. The van der Waals surface area contributed by atoms with Gasteiger partial charge in [0, 0.05) is 13.2 Å². The predicted molar refractivity (Wildman–Crippen MR) is 74.4 cm³/mol. The lowest BCUT2D eigenvalue weighted by Crippen LogP contribution is -2.20. The molecule has 5 nitrogen and oxygen atoms in total. The number of ether oxygens (including phenoxy) is 1. The third-order valence-electron chi connectivity index (χ3n) is 2.93. The molecular formula is C12H16N4OS. The van der Waals surface area contributed by atoms with Crippen LogP contribution < -0.4 is 10.6 Å². The lowest BCUT2D eigenvalue weighted by atomic mass is 10.2. The molecule has 3 heterocycles. The van der Waals surface area contributed by atoms with Gasteiger partial charge in [-0.1, -0.05) is 0 Å². The molecule has 1 aliphatic rings. The highest BCUT2D eigenvalue weighted by Gasteiger charge is 2.18. The van der Waals surface area contributed by atoms with Gasteiger partial charge in [-0.25, -0.2) is 4.98 Å². The number of nitrogens with one attached hydrogen (secondary N) is 2. The van der Waals surface area contributed by atoms with Gasteiger partial charge in [0.2, 0.25) is 5.95 Å². The van der Waals surface area contributed by atoms with E-state index in [0.29, 0.717) is 12.0 Å². The predicted octanol–water partition coefficient (Wildman–Crippen LogP) is 2.32. The van der Waals surface area contributed by atoms with Gasteiger partial charge < -0.3 is 15.4 Å². The van der Waals surface area contributed by atoms with Crippen molar-refractivity contribution in [1.82, 2.24) is 9.97 Å². The molecule has 1 atom stereocenters. The first-order valence-corrected chi connectivity index (χ1v) is 7.08. The summed E-state index contributed by atoms with van der Waals surface area (Å²) >= 11 is 1.64. The maximum atomic E-state index is 5.38. The number of fused-ring (bicyclic) bond motifs is 1. The minimum Gasteiger partial charge on any atom is -0.379 e. The molecule has 0 radical (unpaired) electrons. The van der Waals surface area contributed by atoms with Crippen LogP contribution in [0.15, 0.2) is 11.4 Å². The average Bonchev–Trinajstić information content (AvgIpc) is 2.99. The van der Waals surface area contributed by atoms with E-state index in [9.17, 15) is 0 Å². The number of aromatic nitrogens is 2. The summed E-state index contributed by atoms with van der Waals surface area (Å²) in [6, 6.07) is 2.42. The van der Waals surface area contributed by atoms with Gasteiger partial charge in [0.15, 0.2) is 0 Å². The molecule has 1 aliphatic heterocycles. The molecular weight excluding hydrogens is 248 g/mol. The lowest BCUT2D eigenvalue weighted by molar-refractivity contribution is 0.195. The van der Waals surface area contributed by atoms with Crippen LogP contribution in [0.3, 0.4) is 0 Å². The van der Waals surface area contributed by atoms with Crippen molar-refractivity contribution in [3.63, 3.8) is 0 Å². The highest BCUT2D eigenvalue weighted by atomic mass is 32.1. The fraction of sp³-hybridized carbons (Fsp3) is 0.500. The van der Waals surface area contributed by atoms with Gasteiger partial charge in [-0.15, -0.1) is 11.3 Å². The molecule has 0 saturated carbocycles. The van der Waals surface area contributed by atoms with Crippen molar-refractivity contribution in [3.8, 4) is 0 Å². The zero-order valence-corrected chi connectivity index (χ0v) is 11.1. The number of anilines is 2. The average molecular weight is 264 g/mol. The number of nitrogens with zero attached hydrogens (tertiary/aromatic N) is 2. The number of thiophene rings is 1. The topological polar surface area (TPSA) is 59.1 Å². The van der Waals surface area contributed by atoms with Gasteiger partial charge in [0.25, 0.3) is 0 Å². The maximum Gasteiger partial charge on any atom is 0.226 e. The van der Waals surface area contributed by atoms with Crippen LogP contribution in [-0.4, -0.2) is 35.8 Å². The monoisotopic (exact) mass is 264 g/mol. The summed E-state index contributed by atoms with van der Waals surface area (Å²) in [6.45, 7) is 4.45. The zero-order chi connectivity index (χ0) is 12.4. The molecule has 96 valence electrons. The Labute approximate surface area is 110 Å². The van der Waals surface area contributed by atoms with Gasteiger partial charge in [0.05, 0.1) is 18.0 Å². The van der Waals surface area contributed by atoms with E-state index < -0.39 is 0 Å². The van der Waals surface area contributed by atoms with Crippen LogP contribution in [0, 0.1) is 0 Å². The van der Waals surface area contributed by atoms with E-state index in [1.165, 1.54) is 0 Å². The summed E-state index contributed by atoms with van der Waals surface area (Å²) in [5.41, 5.74) is 0. The summed E-state index contributed by atoms with van der Waals surface area (Å²) in [5.74, 6) is 1.60. The SMILES string of the molecule is CCNc1nc(NC2CCOC2)c2ccsc2n1. The Bertz CT molecular complexity index is 536. The van der Waals surface area contributed by atoms with E-state index in [1.807, 2.05) is 12.3 Å². The summed E-state index contributed by atoms with van der Waals surface area (Å²) < 4.78 is 5.38. The largest absolute Gasteiger partial charge is 0.379 e. The first-order valence-electron chi connectivity index (χ1n) is 6.20. The molecule has 0 amide bonds. The molecule has 1 unspecified atom stereocenters. The quantitative estimate of drug-likeness (QED) is 0.887. The fourth-order valence-corrected chi connectivity index (χ4v) is 2.81. The van der Waals surface area contributed by atoms with Crippen LogP contribution in [-0.2, 0) is 4.74 Å². The molecule has 2 aromatic rings. The van der Waals surface area contributed by atoms with Crippen molar-refractivity contribution in [2.45, 2.75) is 19.4 Å². The third-order valence-corrected chi connectivity index (χ3v) is 3.74. The molecule has 0 aliphatic carbocycles. The minimum absolute atomic E-state index is 0.359. The molecule has 18 heavy (non-hydrogen) atoms. The lowest BCUT2D eigenvalue weighted by Gasteiger charge is -2.13. The standard InChI is InChI=1S/C12H16N4OS/c1-2-13-12-15-10(14-8-3-5-17-7-8)9-4-6-18-11(9)16-12/h4,6,8H,2-3,5,7H2,1H3,(H2,13,14,15,16). The van der Waals surface area contributed by atoms with Crippen LogP contribution in [0.4, 0.5) is 11.8 Å². The maximum absolute atomic E-state index is 5.38. The molecule has 0 spiro atoms. The highest BCUT2D eigenvalue weighted by Crippen LogP contribution is 2.27. The second-order valence-electron chi connectivity index (χ2n) is 4.27. The molecule has 6 heteroatoms. The summed E-state index contributed by atoms with van der Waals surface area (Å²) in [7, 11) is 0. The Morgan fingerprint density at radius 2 is 2.44 bits per heavy atom. The second-order valence-corrected chi connectivity index (χ2v) is 5.16. The molecule has 3 rings (SSSR count). The summed E-state index contributed by atoms with van der Waals surface area (Å²) in [5, 5.41) is 9.77. The van der Waals surface area contributed by atoms with Gasteiger partial charge in [-0.3, -0.25) is 0 Å². The van der Waals surface area contributed by atoms with E-state index in [-0.39, 0.29) is 0 Å². The molecule has 1 fully saturated rings. The fourth-order valence-electron chi connectivity index (χ4n) is 2.04. The summed E-state index contributed by atoms with van der Waals surface area (Å²) in [4.78, 5) is 10.0. The van der Waals surface area contributed by atoms with E-state index in [2.05, 4.69) is 26.7 Å². The van der Waals surface area contributed by atoms with Crippen molar-refractivity contribution in [3.05, 3.63) is 11.4 Å². The molecule has 1 saturated heterocycles. The first-order chi connectivity index (χ1) is 8.86. The number of hydrogen-bond acceptors (Lipinski definition) is 6. The molecule has 2 aromatic heterocycles. The second kappa shape index (κ2) is 5.07. The van der Waals surface area contributed by atoms with Crippen LogP contribution in [0.5, 0.6) is 0 Å². The van der Waals surface area contributed by atoms with Crippen molar-refractivity contribution in [2.75, 3.05) is 30.4 Å². The molecule has 2 N–H and O–H groups in total. The van der Waals surface area contributed by atoms with Crippen LogP contribution in [0.25, 0.3) is 10.2 Å². The van der Waals surface area contributed by atoms with Crippen LogP contribution in [0.1, 0.15) is 13.3 Å². The highest BCUT2D eigenvalue weighted by molar-refractivity contribution is 7.16. The van der Waals surface area contributed by atoms with Gasteiger partial charge in [-0.05, 0) is 24.8 Å². The minimum atomic E-state index is 0.359. The van der Waals surface area contributed by atoms with Gasteiger partial charge >= 0.3 is 0 Å². The Balaban J connectivity index is 1.93. The van der Waals surface area contributed by atoms with Gasteiger partial charge in [0.1, 0.15) is 10.6 Å². The van der Waals surface area contributed by atoms with Gasteiger partial charge in [-0.2, -0.15) is 4.98 Å². The van der Waals surface area contributed by atoms with E-state index in [0.717, 1.165) is 42.2 Å². The van der Waals surface area contributed by atoms with Crippen molar-refractivity contribution < 1.29 is 4.74 Å². The van der Waals surface area contributed by atoms with E-state index in [4.69, 9.17) is 4.74 Å². The Morgan fingerprint density at radius 3 is 3.22 bits per heavy atom.